The number of piperazine rings is 1. The van der Waals surface area contributed by atoms with Crippen LogP contribution in [0.5, 0.6) is 11.5 Å². The molecule has 2 aromatic rings. The molecule has 1 N–H and O–H groups in total. The van der Waals surface area contributed by atoms with Crippen molar-refractivity contribution in [3.63, 3.8) is 0 Å². The van der Waals surface area contributed by atoms with E-state index in [-0.39, 0.29) is 17.4 Å². The molecule has 182 valence electrons. The van der Waals surface area contributed by atoms with E-state index in [1.54, 1.807) is 0 Å². The summed E-state index contributed by atoms with van der Waals surface area (Å²) in [6, 6.07) is 6.01. The molecule has 34 heavy (non-hydrogen) atoms. The van der Waals surface area contributed by atoms with Gasteiger partial charge < -0.3 is 24.6 Å². The first-order valence-corrected chi connectivity index (χ1v) is 12.0. The first-order chi connectivity index (χ1) is 16.7. The molecule has 0 unspecified atom stereocenters. The van der Waals surface area contributed by atoms with Gasteiger partial charge in [0.05, 0.1) is 4.92 Å². The van der Waals surface area contributed by atoms with Crippen LogP contribution in [-0.4, -0.2) is 83.8 Å². The Morgan fingerprint density at radius 1 is 0.971 bits per heavy atom. The van der Waals surface area contributed by atoms with Crippen LogP contribution in [0.25, 0.3) is 0 Å². The number of likely N-dealkylation sites (tertiary alicyclic amines) is 1. The second kappa shape index (κ2) is 10.4. The van der Waals surface area contributed by atoms with Crippen LogP contribution in [0.1, 0.15) is 24.8 Å². The summed E-state index contributed by atoms with van der Waals surface area (Å²) in [6.45, 7) is 7.62. The van der Waals surface area contributed by atoms with Gasteiger partial charge in [-0.25, -0.2) is 9.97 Å². The SMILES string of the molecule is O=[N+]([O-])c1c(NCCN2CCCCC2)ncnc1N1CCN(Cc2ccc3c(c2)OCO3)CC1. The number of rotatable bonds is 8. The van der Waals surface area contributed by atoms with E-state index in [1.807, 2.05) is 17.0 Å². The van der Waals surface area contributed by atoms with Gasteiger partial charge in [-0.05, 0) is 43.6 Å². The fourth-order valence-corrected chi connectivity index (χ4v) is 4.83. The average molecular weight is 470 g/mol. The number of nitro groups is 1. The average Bonchev–Trinajstić information content (AvgIpc) is 3.33. The minimum absolute atomic E-state index is 0.0367. The molecule has 2 saturated heterocycles. The summed E-state index contributed by atoms with van der Waals surface area (Å²) in [5, 5.41) is 15.2. The largest absolute Gasteiger partial charge is 0.454 e. The van der Waals surface area contributed by atoms with E-state index in [1.165, 1.54) is 25.6 Å². The van der Waals surface area contributed by atoms with Crippen molar-refractivity contribution < 1.29 is 14.4 Å². The number of benzene rings is 1. The first-order valence-electron chi connectivity index (χ1n) is 12.0. The van der Waals surface area contributed by atoms with Crippen molar-refractivity contribution >= 4 is 17.3 Å². The Morgan fingerprint density at radius 2 is 1.76 bits per heavy atom. The van der Waals surface area contributed by atoms with Crippen molar-refractivity contribution in [3.05, 3.63) is 40.2 Å². The number of piperidine rings is 1. The molecule has 3 aliphatic heterocycles. The highest BCUT2D eigenvalue weighted by Crippen LogP contribution is 2.34. The lowest BCUT2D eigenvalue weighted by Gasteiger charge is -2.35. The van der Waals surface area contributed by atoms with Gasteiger partial charge in [0.25, 0.3) is 0 Å². The topological polar surface area (TPSA) is 109 Å². The summed E-state index contributed by atoms with van der Waals surface area (Å²) in [7, 11) is 0. The Labute approximate surface area is 198 Å². The highest BCUT2D eigenvalue weighted by Gasteiger charge is 2.29. The van der Waals surface area contributed by atoms with Crippen LogP contribution in [0.3, 0.4) is 0 Å². The molecule has 0 spiro atoms. The molecule has 11 nitrogen and oxygen atoms in total. The van der Waals surface area contributed by atoms with Crippen LogP contribution < -0.4 is 19.7 Å². The number of nitrogens with zero attached hydrogens (tertiary/aromatic N) is 6. The lowest BCUT2D eigenvalue weighted by molar-refractivity contribution is -0.383. The molecule has 1 aromatic carbocycles. The minimum atomic E-state index is -0.364. The monoisotopic (exact) mass is 469 g/mol. The fourth-order valence-electron chi connectivity index (χ4n) is 4.83. The van der Waals surface area contributed by atoms with Crippen LogP contribution in [0.15, 0.2) is 24.5 Å². The highest BCUT2D eigenvalue weighted by atomic mass is 16.7. The predicted octanol–water partition coefficient (Wildman–Crippen LogP) is 2.33. The maximum absolute atomic E-state index is 12.0. The fraction of sp³-hybridized carbons (Fsp3) is 0.565. The van der Waals surface area contributed by atoms with E-state index in [0.29, 0.717) is 31.3 Å². The molecular weight excluding hydrogens is 438 g/mol. The third kappa shape index (κ3) is 5.15. The lowest BCUT2D eigenvalue weighted by atomic mass is 10.1. The zero-order valence-electron chi connectivity index (χ0n) is 19.3. The number of nitrogens with one attached hydrogen (secondary N) is 1. The molecule has 0 amide bonds. The number of anilines is 2. The molecule has 5 rings (SSSR count). The van der Waals surface area contributed by atoms with Gasteiger partial charge in [-0.2, -0.15) is 0 Å². The number of fused-ring (bicyclic) bond motifs is 1. The molecule has 2 fully saturated rings. The molecule has 4 heterocycles. The van der Waals surface area contributed by atoms with Gasteiger partial charge >= 0.3 is 5.69 Å². The maximum atomic E-state index is 12.0. The van der Waals surface area contributed by atoms with E-state index in [9.17, 15) is 10.1 Å². The summed E-state index contributed by atoms with van der Waals surface area (Å²) in [5.41, 5.74) is 1.12. The third-order valence-corrected chi connectivity index (χ3v) is 6.67. The third-order valence-electron chi connectivity index (χ3n) is 6.67. The zero-order valence-corrected chi connectivity index (χ0v) is 19.3. The number of hydrogen-bond acceptors (Lipinski definition) is 10. The summed E-state index contributed by atoms with van der Waals surface area (Å²) in [6.07, 6.45) is 5.15. The first kappa shape index (κ1) is 22.6. The predicted molar refractivity (Wildman–Crippen MR) is 128 cm³/mol. The molecular formula is C23H31N7O4. The number of ether oxygens (including phenoxy) is 2. The molecule has 0 bridgehead atoms. The quantitative estimate of drug-likeness (QED) is 0.457. The molecule has 3 aliphatic rings. The summed E-state index contributed by atoms with van der Waals surface area (Å²) in [5.74, 6) is 2.26. The van der Waals surface area contributed by atoms with Gasteiger partial charge in [0.2, 0.25) is 18.4 Å². The van der Waals surface area contributed by atoms with Crippen molar-refractivity contribution in [2.45, 2.75) is 25.8 Å². The van der Waals surface area contributed by atoms with Crippen LogP contribution in [0.2, 0.25) is 0 Å². The normalized spacial score (nSPS) is 18.8. The van der Waals surface area contributed by atoms with Crippen molar-refractivity contribution in [2.75, 3.05) is 69.4 Å². The van der Waals surface area contributed by atoms with E-state index >= 15 is 0 Å². The summed E-state index contributed by atoms with van der Waals surface area (Å²) < 4.78 is 10.9. The second-order valence-electron chi connectivity index (χ2n) is 8.93. The minimum Gasteiger partial charge on any atom is -0.454 e. The standard InChI is InChI=1S/C23H31N7O4/c31-30(32)21-22(24-6-9-27-7-2-1-3-8-27)25-16-26-23(21)29-12-10-28(11-13-29)15-18-4-5-19-20(14-18)34-17-33-19/h4-5,14,16H,1-3,6-13,15,17H2,(H,24,25,26). The molecule has 0 aliphatic carbocycles. The van der Waals surface area contributed by atoms with E-state index in [4.69, 9.17) is 9.47 Å². The van der Waals surface area contributed by atoms with Gasteiger partial charge in [0.1, 0.15) is 6.33 Å². The zero-order chi connectivity index (χ0) is 23.3. The van der Waals surface area contributed by atoms with Crippen molar-refractivity contribution in [1.82, 2.24) is 19.8 Å². The Hall–Kier alpha value is -3.18. The lowest BCUT2D eigenvalue weighted by Crippen LogP contribution is -2.46. The summed E-state index contributed by atoms with van der Waals surface area (Å²) >= 11 is 0. The summed E-state index contributed by atoms with van der Waals surface area (Å²) in [4.78, 5) is 26.8. The highest BCUT2D eigenvalue weighted by molar-refractivity contribution is 5.70. The molecule has 0 radical (unpaired) electrons. The van der Waals surface area contributed by atoms with Crippen LogP contribution in [0, 0.1) is 10.1 Å². The van der Waals surface area contributed by atoms with Gasteiger partial charge in [-0.3, -0.25) is 15.0 Å². The van der Waals surface area contributed by atoms with Crippen molar-refractivity contribution in [3.8, 4) is 11.5 Å². The Balaban J connectivity index is 1.19. The van der Waals surface area contributed by atoms with Gasteiger partial charge in [0.15, 0.2) is 11.5 Å². The van der Waals surface area contributed by atoms with Gasteiger partial charge in [-0.15, -0.1) is 0 Å². The van der Waals surface area contributed by atoms with Crippen LogP contribution >= 0.6 is 0 Å². The Kier molecular flexibility index (Phi) is 6.91. The van der Waals surface area contributed by atoms with Crippen LogP contribution in [-0.2, 0) is 6.54 Å². The molecule has 0 saturated carbocycles. The van der Waals surface area contributed by atoms with Crippen LogP contribution in [0.4, 0.5) is 17.3 Å². The van der Waals surface area contributed by atoms with E-state index in [0.717, 1.165) is 56.3 Å². The smallest absolute Gasteiger partial charge is 0.353 e. The number of hydrogen-bond donors (Lipinski definition) is 1. The van der Waals surface area contributed by atoms with Gasteiger partial charge in [0, 0.05) is 45.8 Å². The second-order valence-corrected chi connectivity index (χ2v) is 8.93. The Morgan fingerprint density at radius 3 is 2.56 bits per heavy atom. The number of aromatic nitrogens is 2. The van der Waals surface area contributed by atoms with Crippen molar-refractivity contribution in [2.24, 2.45) is 0 Å². The molecule has 11 heteroatoms. The molecule has 1 aromatic heterocycles. The van der Waals surface area contributed by atoms with Gasteiger partial charge in [-0.1, -0.05) is 12.5 Å². The molecule has 0 atom stereocenters. The maximum Gasteiger partial charge on any atom is 0.353 e. The van der Waals surface area contributed by atoms with E-state index < -0.39 is 0 Å². The van der Waals surface area contributed by atoms with Crippen molar-refractivity contribution in [1.29, 1.82) is 0 Å². The Bertz CT molecular complexity index is 1010. The van der Waals surface area contributed by atoms with E-state index in [2.05, 4.69) is 31.2 Å².